The van der Waals surface area contributed by atoms with Gasteiger partial charge in [0.2, 0.25) is 5.17 Å². The van der Waals surface area contributed by atoms with Crippen molar-refractivity contribution in [3.8, 4) is 11.5 Å². The Morgan fingerprint density at radius 3 is 2.30 bits per heavy atom. The van der Waals surface area contributed by atoms with Gasteiger partial charge >= 0.3 is 0 Å². The van der Waals surface area contributed by atoms with Crippen LogP contribution in [0.2, 0.25) is 0 Å². The Balaban J connectivity index is 1.34. The molecule has 0 aliphatic carbocycles. The molecule has 0 fully saturated rings. The molecule has 0 saturated heterocycles. The van der Waals surface area contributed by atoms with Gasteiger partial charge in [-0.05, 0) is 67.4 Å². The van der Waals surface area contributed by atoms with Gasteiger partial charge in [-0.2, -0.15) is 15.1 Å². The molecule has 2 aromatic carbocycles. The summed E-state index contributed by atoms with van der Waals surface area (Å²) in [5, 5.41) is 15.7. The number of nitrogens with one attached hydrogen (secondary N) is 1. The van der Waals surface area contributed by atoms with Crippen molar-refractivity contribution in [1.29, 1.82) is 5.41 Å². The fourth-order valence-corrected chi connectivity index (χ4v) is 4.17. The summed E-state index contributed by atoms with van der Waals surface area (Å²) in [6, 6.07) is 15.2. The lowest BCUT2D eigenvalue weighted by atomic mass is 10.1. The molecule has 170 valence electrons. The highest BCUT2D eigenvalue weighted by Crippen LogP contribution is 2.30. The summed E-state index contributed by atoms with van der Waals surface area (Å²) >= 11 is 1.37. The minimum Gasteiger partial charge on any atom is -0.490 e. The number of ether oxygens (including phenoxy) is 2. The van der Waals surface area contributed by atoms with Gasteiger partial charge in [0.15, 0.2) is 5.84 Å². The average molecular weight is 463 g/mol. The maximum Gasteiger partial charge on any atom is 0.283 e. The van der Waals surface area contributed by atoms with E-state index in [1.165, 1.54) is 22.3 Å². The molecule has 2 aromatic rings. The summed E-state index contributed by atoms with van der Waals surface area (Å²) in [6.45, 7) is 5.01. The first kappa shape index (κ1) is 22.8. The standard InChI is InChI=1S/C25H26N4O3S/c1-3-4-5-22-28-29-23(26)21(24(30)27-25(29)33-22)16-18-8-12-20(13-9-18)32-15-14-31-19-10-6-17(2)7-11-19/h6-13,16,26H,3-5,14-15H2,1-2H3/b21-16-,26-23?. The lowest BCUT2D eigenvalue weighted by Gasteiger charge is -2.20. The van der Waals surface area contributed by atoms with Crippen LogP contribution in [0.4, 0.5) is 0 Å². The minimum atomic E-state index is -0.417. The van der Waals surface area contributed by atoms with Crippen LogP contribution in [0.15, 0.2) is 64.2 Å². The average Bonchev–Trinajstić information content (AvgIpc) is 3.23. The Kier molecular flexibility index (Phi) is 7.24. The predicted molar refractivity (Wildman–Crippen MR) is 133 cm³/mol. The van der Waals surface area contributed by atoms with E-state index in [0.29, 0.717) is 24.1 Å². The molecule has 2 heterocycles. The molecule has 0 saturated carbocycles. The third-order valence-corrected chi connectivity index (χ3v) is 6.04. The number of fused-ring (bicyclic) bond motifs is 1. The van der Waals surface area contributed by atoms with Gasteiger partial charge in [0, 0.05) is 0 Å². The first-order valence-corrected chi connectivity index (χ1v) is 11.8. The lowest BCUT2D eigenvalue weighted by Crippen LogP contribution is -2.35. The van der Waals surface area contributed by atoms with Crippen molar-refractivity contribution < 1.29 is 14.3 Å². The molecule has 2 aliphatic rings. The number of aliphatic imine (C=N–C) groups is 1. The van der Waals surface area contributed by atoms with Crippen molar-refractivity contribution in [3.05, 3.63) is 65.2 Å². The first-order chi connectivity index (χ1) is 16.0. The van der Waals surface area contributed by atoms with Gasteiger partial charge in [-0.15, -0.1) is 0 Å². The summed E-state index contributed by atoms with van der Waals surface area (Å²) in [6.07, 6.45) is 4.57. The Hall–Kier alpha value is -3.39. The molecule has 8 heteroatoms. The molecule has 0 bridgehead atoms. The van der Waals surface area contributed by atoms with Gasteiger partial charge < -0.3 is 9.47 Å². The number of benzene rings is 2. The van der Waals surface area contributed by atoms with Crippen molar-refractivity contribution in [1.82, 2.24) is 5.01 Å². The van der Waals surface area contributed by atoms with Gasteiger partial charge in [0.25, 0.3) is 5.91 Å². The molecule has 0 aromatic heterocycles. The van der Waals surface area contributed by atoms with Gasteiger partial charge in [-0.1, -0.05) is 43.2 Å². The summed E-state index contributed by atoms with van der Waals surface area (Å²) in [5.41, 5.74) is 2.20. The molecule has 0 unspecified atom stereocenters. The summed E-state index contributed by atoms with van der Waals surface area (Å²) in [7, 11) is 0. The Morgan fingerprint density at radius 1 is 1.03 bits per heavy atom. The number of aryl methyl sites for hydroxylation is 1. The molecular formula is C25H26N4O3S. The molecular weight excluding hydrogens is 436 g/mol. The molecule has 1 amide bonds. The number of carbonyl (C=O) groups is 1. The normalized spacial score (nSPS) is 16.5. The van der Waals surface area contributed by atoms with Gasteiger partial charge in [0.1, 0.15) is 29.8 Å². The highest BCUT2D eigenvalue weighted by atomic mass is 32.2. The number of hydrogen-bond acceptors (Lipinski definition) is 6. The van der Waals surface area contributed by atoms with Crippen LogP contribution in [0.25, 0.3) is 6.08 Å². The van der Waals surface area contributed by atoms with Crippen LogP contribution in [0.1, 0.15) is 37.3 Å². The molecule has 4 rings (SSSR count). The number of nitrogens with zero attached hydrogens (tertiary/aromatic N) is 3. The van der Waals surface area contributed by atoms with Crippen LogP contribution in [-0.4, -0.2) is 40.2 Å². The molecule has 1 N–H and O–H groups in total. The Bertz CT molecular complexity index is 1120. The van der Waals surface area contributed by atoms with Crippen molar-refractivity contribution in [3.63, 3.8) is 0 Å². The number of amides is 1. The Morgan fingerprint density at radius 2 is 1.67 bits per heavy atom. The van der Waals surface area contributed by atoms with E-state index in [4.69, 9.17) is 14.9 Å². The van der Waals surface area contributed by atoms with Gasteiger partial charge in [-0.3, -0.25) is 10.2 Å². The van der Waals surface area contributed by atoms with E-state index in [0.717, 1.165) is 35.6 Å². The van der Waals surface area contributed by atoms with E-state index in [-0.39, 0.29) is 11.4 Å². The van der Waals surface area contributed by atoms with E-state index in [1.54, 1.807) is 6.08 Å². The van der Waals surface area contributed by atoms with Crippen molar-refractivity contribution in [2.45, 2.75) is 33.1 Å². The molecule has 2 aliphatic heterocycles. The van der Waals surface area contributed by atoms with Crippen LogP contribution in [0, 0.1) is 12.3 Å². The second-order valence-electron chi connectivity index (χ2n) is 7.70. The number of hydrogen-bond donors (Lipinski definition) is 1. The fraction of sp³-hybridized carbons (Fsp3) is 0.280. The molecule has 33 heavy (non-hydrogen) atoms. The second-order valence-corrected chi connectivity index (χ2v) is 8.74. The Labute approximate surface area is 197 Å². The van der Waals surface area contributed by atoms with Crippen molar-refractivity contribution in [2.24, 2.45) is 10.1 Å². The van der Waals surface area contributed by atoms with Crippen LogP contribution < -0.4 is 9.47 Å². The number of hydrazone groups is 1. The van der Waals surface area contributed by atoms with Crippen molar-refractivity contribution >= 4 is 39.8 Å². The zero-order valence-corrected chi connectivity index (χ0v) is 19.5. The maximum atomic E-state index is 12.5. The van der Waals surface area contributed by atoms with Crippen LogP contribution in [-0.2, 0) is 4.79 Å². The number of unbranched alkanes of at least 4 members (excludes halogenated alkanes) is 1. The van der Waals surface area contributed by atoms with E-state index >= 15 is 0 Å². The molecule has 0 radical (unpaired) electrons. The van der Waals surface area contributed by atoms with E-state index < -0.39 is 5.91 Å². The van der Waals surface area contributed by atoms with Crippen LogP contribution >= 0.6 is 11.8 Å². The first-order valence-electron chi connectivity index (χ1n) is 10.9. The zero-order valence-electron chi connectivity index (χ0n) is 18.7. The highest BCUT2D eigenvalue weighted by Gasteiger charge is 2.35. The summed E-state index contributed by atoms with van der Waals surface area (Å²) in [4.78, 5) is 16.7. The number of rotatable bonds is 9. The minimum absolute atomic E-state index is 0.0533. The highest BCUT2D eigenvalue weighted by molar-refractivity contribution is 8.26. The number of carbonyl (C=O) groups excluding carboxylic acids is 1. The van der Waals surface area contributed by atoms with Gasteiger partial charge in [0.05, 0.1) is 5.57 Å². The smallest absolute Gasteiger partial charge is 0.283 e. The molecule has 0 spiro atoms. The fourth-order valence-electron chi connectivity index (χ4n) is 3.24. The monoisotopic (exact) mass is 462 g/mol. The number of thioether (sulfide) groups is 1. The lowest BCUT2D eigenvalue weighted by molar-refractivity contribution is -0.114. The number of amidine groups is 2. The van der Waals surface area contributed by atoms with Crippen molar-refractivity contribution in [2.75, 3.05) is 13.2 Å². The topological polar surface area (TPSA) is 87.3 Å². The second kappa shape index (κ2) is 10.5. The largest absolute Gasteiger partial charge is 0.490 e. The molecule has 7 nitrogen and oxygen atoms in total. The third-order valence-electron chi connectivity index (χ3n) is 5.07. The van der Waals surface area contributed by atoms with E-state index in [9.17, 15) is 4.79 Å². The van der Waals surface area contributed by atoms with E-state index in [2.05, 4.69) is 17.0 Å². The molecule has 0 atom stereocenters. The maximum absolute atomic E-state index is 12.5. The van der Waals surface area contributed by atoms with Crippen LogP contribution in [0.5, 0.6) is 11.5 Å². The predicted octanol–water partition coefficient (Wildman–Crippen LogP) is 5.26. The quantitative estimate of drug-likeness (QED) is 0.406. The SMILES string of the molecule is CCCCC1=NN2C(=N)/C(=C/c3ccc(OCCOc4ccc(C)cc4)cc3)C(=O)N=C2S1. The third kappa shape index (κ3) is 5.70. The van der Waals surface area contributed by atoms with Crippen LogP contribution in [0.3, 0.4) is 0 Å². The summed E-state index contributed by atoms with van der Waals surface area (Å²) < 4.78 is 11.4. The van der Waals surface area contributed by atoms with Gasteiger partial charge in [-0.25, -0.2) is 0 Å². The zero-order chi connectivity index (χ0) is 23.2. The summed E-state index contributed by atoms with van der Waals surface area (Å²) in [5.74, 6) is 1.16. The van der Waals surface area contributed by atoms with E-state index in [1.807, 2.05) is 55.5 Å².